The van der Waals surface area contributed by atoms with Crippen LogP contribution < -0.4 is 4.90 Å². The fourth-order valence-corrected chi connectivity index (χ4v) is 2.57. The average molecular weight is 254 g/mol. The van der Waals surface area contributed by atoms with Gasteiger partial charge in [-0.25, -0.2) is 0 Å². The second kappa shape index (κ2) is 5.02. The zero-order valence-electron chi connectivity index (χ0n) is 11.1. The molecule has 0 radical (unpaired) electrons. The molecule has 1 aliphatic rings. The van der Waals surface area contributed by atoms with Crippen molar-refractivity contribution in [3.05, 3.63) is 53.9 Å². The first-order valence-corrected chi connectivity index (χ1v) is 6.79. The van der Waals surface area contributed by atoms with Crippen LogP contribution in [-0.2, 0) is 6.42 Å². The lowest BCUT2D eigenvalue weighted by atomic mass is 10.1. The van der Waals surface area contributed by atoms with Crippen LogP contribution in [0.4, 0.5) is 11.4 Å². The van der Waals surface area contributed by atoms with Gasteiger partial charge in [0.05, 0.1) is 23.7 Å². The van der Waals surface area contributed by atoms with Crippen molar-refractivity contribution in [1.82, 2.24) is 4.98 Å². The van der Waals surface area contributed by atoms with E-state index in [0.29, 0.717) is 6.42 Å². The molecule has 2 heterocycles. The summed E-state index contributed by atoms with van der Waals surface area (Å²) in [6.45, 7) is 2.95. The molecule has 3 nitrogen and oxygen atoms in total. The lowest BCUT2D eigenvalue weighted by molar-refractivity contribution is 0.169. The van der Waals surface area contributed by atoms with Gasteiger partial charge in [0.1, 0.15) is 0 Å². The van der Waals surface area contributed by atoms with Crippen molar-refractivity contribution in [1.29, 1.82) is 0 Å². The zero-order valence-corrected chi connectivity index (χ0v) is 11.1. The molecule has 1 N–H and O–H groups in total. The fraction of sp³-hybridized carbons (Fsp3) is 0.312. The number of nitrogens with zero attached hydrogens (tertiary/aromatic N) is 2. The summed E-state index contributed by atoms with van der Waals surface area (Å²) in [4.78, 5) is 6.66. The third-order valence-electron chi connectivity index (χ3n) is 3.70. The molecule has 1 unspecified atom stereocenters. The molecule has 1 aliphatic heterocycles. The van der Waals surface area contributed by atoms with Gasteiger partial charge in [-0.1, -0.05) is 25.1 Å². The second-order valence-corrected chi connectivity index (χ2v) is 4.90. The van der Waals surface area contributed by atoms with Crippen molar-refractivity contribution >= 4 is 11.4 Å². The van der Waals surface area contributed by atoms with Gasteiger partial charge in [0.2, 0.25) is 0 Å². The van der Waals surface area contributed by atoms with E-state index in [-0.39, 0.29) is 0 Å². The SMILES string of the molecule is CCC(O)c1ccc(N2CCc3ccccc32)cn1. The van der Waals surface area contributed by atoms with Gasteiger partial charge >= 0.3 is 0 Å². The molecule has 0 spiro atoms. The molecule has 0 fully saturated rings. The Morgan fingerprint density at radius 2 is 2.11 bits per heavy atom. The van der Waals surface area contributed by atoms with Gasteiger partial charge in [0.25, 0.3) is 0 Å². The van der Waals surface area contributed by atoms with Crippen LogP contribution in [0.25, 0.3) is 0 Å². The molecule has 19 heavy (non-hydrogen) atoms. The van der Waals surface area contributed by atoms with Crippen LogP contribution in [0.5, 0.6) is 0 Å². The molecule has 1 aromatic carbocycles. The molecule has 1 aromatic heterocycles. The fourth-order valence-electron chi connectivity index (χ4n) is 2.57. The standard InChI is InChI=1S/C16H18N2O/c1-2-16(19)14-8-7-13(11-17-14)18-10-9-12-5-3-4-6-15(12)18/h3-8,11,16,19H,2,9-10H2,1H3. The van der Waals surface area contributed by atoms with E-state index in [1.807, 2.05) is 25.3 Å². The number of benzene rings is 1. The van der Waals surface area contributed by atoms with E-state index in [1.165, 1.54) is 11.3 Å². The molecule has 2 aromatic rings. The van der Waals surface area contributed by atoms with Crippen LogP contribution in [0.1, 0.15) is 30.7 Å². The molecule has 0 amide bonds. The Morgan fingerprint density at radius 1 is 1.26 bits per heavy atom. The molecule has 0 aliphatic carbocycles. The Bertz CT molecular complexity index is 565. The van der Waals surface area contributed by atoms with Gasteiger partial charge in [-0.15, -0.1) is 0 Å². The lowest BCUT2D eigenvalue weighted by Gasteiger charge is -2.19. The van der Waals surface area contributed by atoms with Crippen LogP contribution in [0.2, 0.25) is 0 Å². The molecule has 3 rings (SSSR count). The Balaban J connectivity index is 1.88. The van der Waals surface area contributed by atoms with Crippen molar-refractivity contribution < 1.29 is 5.11 Å². The molecule has 0 saturated heterocycles. The highest BCUT2D eigenvalue weighted by Crippen LogP contribution is 2.34. The summed E-state index contributed by atoms with van der Waals surface area (Å²) in [6, 6.07) is 12.4. The van der Waals surface area contributed by atoms with E-state index in [1.54, 1.807) is 0 Å². The Labute approximate surface area is 113 Å². The smallest absolute Gasteiger partial charge is 0.0957 e. The number of aliphatic hydroxyl groups excluding tert-OH is 1. The number of para-hydroxylation sites is 1. The Hall–Kier alpha value is -1.87. The number of hydrogen-bond donors (Lipinski definition) is 1. The quantitative estimate of drug-likeness (QED) is 0.913. The van der Waals surface area contributed by atoms with Gasteiger partial charge in [-0.2, -0.15) is 0 Å². The van der Waals surface area contributed by atoms with E-state index in [2.05, 4.69) is 34.1 Å². The minimum atomic E-state index is -0.458. The third kappa shape index (κ3) is 2.22. The summed E-state index contributed by atoms with van der Waals surface area (Å²) in [5.41, 5.74) is 4.50. The van der Waals surface area contributed by atoms with E-state index in [0.717, 1.165) is 24.3 Å². The Morgan fingerprint density at radius 3 is 2.84 bits per heavy atom. The maximum Gasteiger partial charge on any atom is 0.0957 e. The predicted octanol–water partition coefficient (Wildman–Crippen LogP) is 3.22. The summed E-state index contributed by atoms with van der Waals surface area (Å²) in [7, 11) is 0. The van der Waals surface area contributed by atoms with Crippen molar-refractivity contribution in [3.8, 4) is 0 Å². The monoisotopic (exact) mass is 254 g/mol. The van der Waals surface area contributed by atoms with Gasteiger partial charge in [-0.05, 0) is 36.6 Å². The topological polar surface area (TPSA) is 36.4 Å². The number of hydrogen-bond acceptors (Lipinski definition) is 3. The minimum Gasteiger partial charge on any atom is -0.387 e. The second-order valence-electron chi connectivity index (χ2n) is 4.90. The lowest BCUT2D eigenvalue weighted by Crippen LogP contribution is -2.13. The van der Waals surface area contributed by atoms with E-state index in [9.17, 15) is 5.11 Å². The number of aliphatic hydroxyl groups is 1. The van der Waals surface area contributed by atoms with Crippen LogP contribution in [0, 0.1) is 0 Å². The molecule has 98 valence electrons. The maximum atomic E-state index is 9.77. The molecule has 0 bridgehead atoms. The van der Waals surface area contributed by atoms with Crippen LogP contribution >= 0.6 is 0 Å². The van der Waals surface area contributed by atoms with Crippen molar-refractivity contribution in [2.45, 2.75) is 25.9 Å². The van der Waals surface area contributed by atoms with Crippen molar-refractivity contribution in [2.75, 3.05) is 11.4 Å². The van der Waals surface area contributed by atoms with E-state index < -0.39 is 6.10 Å². The number of rotatable bonds is 3. The number of fused-ring (bicyclic) bond motifs is 1. The van der Waals surface area contributed by atoms with Crippen LogP contribution in [0.15, 0.2) is 42.6 Å². The first-order valence-electron chi connectivity index (χ1n) is 6.79. The number of anilines is 2. The average Bonchev–Trinajstić information content (AvgIpc) is 2.90. The molecular formula is C16H18N2O. The Kier molecular flexibility index (Phi) is 3.22. The summed E-state index contributed by atoms with van der Waals surface area (Å²) in [5, 5.41) is 9.77. The summed E-state index contributed by atoms with van der Waals surface area (Å²) < 4.78 is 0. The van der Waals surface area contributed by atoms with Gasteiger partial charge in [0.15, 0.2) is 0 Å². The first kappa shape index (κ1) is 12.2. The molecular weight excluding hydrogens is 236 g/mol. The molecule has 0 saturated carbocycles. The number of aromatic nitrogens is 1. The summed E-state index contributed by atoms with van der Waals surface area (Å²) in [5.74, 6) is 0. The largest absolute Gasteiger partial charge is 0.387 e. The summed E-state index contributed by atoms with van der Waals surface area (Å²) >= 11 is 0. The van der Waals surface area contributed by atoms with Gasteiger partial charge in [-0.3, -0.25) is 4.98 Å². The predicted molar refractivity (Wildman–Crippen MR) is 76.6 cm³/mol. The normalized spacial score (nSPS) is 15.4. The third-order valence-corrected chi connectivity index (χ3v) is 3.70. The highest BCUT2D eigenvalue weighted by Gasteiger charge is 2.20. The van der Waals surface area contributed by atoms with Crippen molar-refractivity contribution in [3.63, 3.8) is 0 Å². The highest BCUT2D eigenvalue weighted by atomic mass is 16.3. The zero-order chi connectivity index (χ0) is 13.2. The number of pyridine rings is 1. The van der Waals surface area contributed by atoms with Gasteiger partial charge < -0.3 is 10.0 Å². The first-order chi connectivity index (χ1) is 9.29. The molecule has 3 heteroatoms. The van der Waals surface area contributed by atoms with Crippen LogP contribution in [0.3, 0.4) is 0 Å². The van der Waals surface area contributed by atoms with Gasteiger partial charge in [0, 0.05) is 12.2 Å². The minimum absolute atomic E-state index is 0.458. The van der Waals surface area contributed by atoms with Crippen molar-refractivity contribution in [2.24, 2.45) is 0 Å². The molecule has 1 atom stereocenters. The summed E-state index contributed by atoms with van der Waals surface area (Å²) in [6.07, 6.45) is 3.17. The van der Waals surface area contributed by atoms with Crippen LogP contribution in [-0.4, -0.2) is 16.6 Å². The maximum absolute atomic E-state index is 9.77. The van der Waals surface area contributed by atoms with E-state index in [4.69, 9.17) is 0 Å². The van der Waals surface area contributed by atoms with E-state index >= 15 is 0 Å². The highest BCUT2D eigenvalue weighted by molar-refractivity contribution is 5.69.